The fourth-order valence-electron chi connectivity index (χ4n) is 0.834. The molecule has 0 aromatic heterocycles. The Balaban J connectivity index is 3.79. The Labute approximate surface area is 78.7 Å². The summed E-state index contributed by atoms with van der Waals surface area (Å²) in [5, 5.41) is 0. The van der Waals surface area contributed by atoms with Crippen LogP contribution in [0.25, 0.3) is 0 Å². The molecule has 0 spiro atoms. The molecule has 0 N–H and O–H groups in total. The average molecular weight is 185 g/mol. The van der Waals surface area contributed by atoms with Crippen molar-refractivity contribution in [1.29, 1.82) is 0 Å². The van der Waals surface area contributed by atoms with E-state index in [4.69, 9.17) is 6.42 Å². The quantitative estimate of drug-likeness (QED) is 0.600. The van der Waals surface area contributed by atoms with Gasteiger partial charge in [-0.2, -0.15) is 11.8 Å². The first-order valence-electron chi connectivity index (χ1n) is 3.96. The SMILES string of the molecule is C#CCN(CC)C(=O)CCSC. The standard InChI is InChI=1S/C9H15NOS/c1-4-7-10(5-2)9(11)6-8-12-3/h1H,5-8H2,2-3H3. The predicted molar refractivity (Wildman–Crippen MR) is 54.1 cm³/mol. The van der Waals surface area contributed by atoms with Crippen LogP contribution in [0.3, 0.4) is 0 Å². The highest BCUT2D eigenvalue weighted by Gasteiger charge is 2.08. The van der Waals surface area contributed by atoms with Crippen LogP contribution < -0.4 is 0 Å². The van der Waals surface area contributed by atoms with Gasteiger partial charge in [0.05, 0.1) is 6.54 Å². The topological polar surface area (TPSA) is 20.3 Å². The van der Waals surface area contributed by atoms with Gasteiger partial charge in [0.25, 0.3) is 0 Å². The number of nitrogens with zero attached hydrogens (tertiary/aromatic N) is 1. The van der Waals surface area contributed by atoms with E-state index in [1.807, 2.05) is 13.2 Å². The van der Waals surface area contributed by atoms with Gasteiger partial charge in [-0.05, 0) is 13.2 Å². The summed E-state index contributed by atoms with van der Waals surface area (Å²) in [6, 6.07) is 0. The van der Waals surface area contributed by atoms with Crippen LogP contribution in [-0.4, -0.2) is 35.9 Å². The van der Waals surface area contributed by atoms with Gasteiger partial charge in [-0.25, -0.2) is 0 Å². The summed E-state index contributed by atoms with van der Waals surface area (Å²) in [6.07, 6.45) is 7.71. The van der Waals surface area contributed by atoms with Crippen LogP contribution in [0.4, 0.5) is 0 Å². The lowest BCUT2D eigenvalue weighted by Gasteiger charge is -2.17. The van der Waals surface area contributed by atoms with Crippen molar-refractivity contribution in [1.82, 2.24) is 4.90 Å². The Morgan fingerprint density at radius 2 is 2.33 bits per heavy atom. The van der Waals surface area contributed by atoms with Gasteiger partial charge in [0.1, 0.15) is 0 Å². The third kappa shape index (κ3) is 4.30. The van der Waals surface area contributed by atoms with E-state index in [0.29, 0.717) is 19.5 Å². The second-order valence-corrected chi connectivity index (χ2v) is 3.34. The van der Waals surface area contributed by atoms with E-state index in [2.05, 4.69) is 5.92 Å². The molecule has 68 valence electrons. The Bertz CT molecular complexity index is 174. The zero-order valence-corrected chi connectivity index (χ0v) is 8.49. The Kier molecular flexibility index (Phi) is 6.69. The van der Waals surface area contributed by atoms with Crippen molar-refractivity contribution in [2.75, 3.05) is 25.1 Å². The lowest BCUT2D eigenvalue weighted by molar-refractivity contribution is -0.129. The Hall–Kier alpha value is -0.620. The highest BCUT2D eigenvalue weighted by Crippen LogP contribution is 1.99. The summed E-state index contributed by atoms with van der Waals surface area (Å²) < 4.78 is 0. The van der Waals surface area contributed by atoms with Crippen molar-refractivity contribution in [3.05, 3.63) is 0 Å². The molecule has 0 aromatic carbocycles. The van der Waals surface area contributed by atoms with Crippen molar-refractivity contribution < 1.29 is 4.79 Å². The van der Waals surface area contributed by atoms with Gasteiger partial charge in [0.15, 0.2) is 0 Å². The fraction of sp³-hybridized carbons (Fsp3) is 0.667. The van der Waals surface area contributed by atoms with E-state index in [1.165, 1.54) is 0 Å². The molecule has 2 nitrogen and oxygen atoms in total. The minimum absolute atomic E-state index is 0.157. The summed E-state index contributed by atoms with van der Waals surface area (Å²) >= 11 is 1.68. The molecule has 0 radical (unpaired) electrons. The van der Waals surface area contributed by atoms with Crippen LogP contribution in [0.15, 0.2) is 0 Å². The molecule has 0 aliphatic carbocycles. The lowest BCUT2D eigenvalue weighted by Crippen LogP contribution is -2.31. The molecule has 3 heteroatoms. The van der Waals surface area contributed by atoms with E-state index in [9.17, 15) is 4.79 Å². The molecule has 1 amide bonds. The maximum atomic E-state index is 11.3. The highest BCUT2D eigenvalue weighted by atomic mass is 32.2. The predicted octanol–water partition coefficient (Wildman–Crippen LogP) is 1.22. The Morgan fingerprint density at radius 3 is 2.75 bits per heavy atom. The summed E-state index contributed by atoms with van der Waals surface area (Å²) in [6.45, 7) is 3.08. The fourth-order valence-corrected chi connectivity index (χ4v) is 1.21. The first kappa shape index (κ1) is 11.4. The number of thioether (sulfide) groups is 1. The van der Waals surface area contributed by atoms with E-state index in [0.717, 1.165) is 5.75 Å². The second-order valence-electron chi connectivity index (χ2n) is 2.35. The van der Waals surface area contributed by atoms with Gasteiger partial charge in [0.2, 0.25) is 5.91 Å². The molecule has 0 heterocycles. The highest BCUT2D eigenvalue weighted by molar-refractivity contribution is 7.98. The first-order valence-corrected chi connectivity index (χ1v) is 5.35. The molecule has 12 heavy (non-hydrogen) atoms. The molecule has 0 unspecified atom stereocenters. The van der Waals surface area contributed by atoms with E-state index in [1.54, 1.807) is 16.7 Å². The third-order valence-electron chi connectivity index (χ3n) is 1.54. The molecule has 0 aromatic rings. The zero-order chi connectivity index (χ0) is 9.40. The van der Waals surface area contributed by atoms with Gasteiger partial charge in [-0.1, -0.05) is 5.92 Å². The van der Waals surface area contributed by atoms with Gasteiger partial charge >= 0.3 is 0 Å². The van der Waals surface area contributed by atoms with Gasteiger partial charge in [0, 0.05) is 18.7 Å². The zero-order valence-electron chi connectivity index (χ0n) is 7.67. The van der Waals surface area contributed by atoms with Gasteiger partial charge in [-0.15, -0.1) is 6.42 Å². The molecule has 0 bridgehead atoms. The summed E-state index contributed by atoms with van der Waals surface area (Å²) in [5.41, 5.74) is 0. The number of rotatable bonds is 5. The largest absolute Gasteiger partial charge is 0.332 e. The number of terminal acetylenes is 1. The number of carbonyl (C=O) groups is 1. The molecular formula is C9H15NOS. The van der Waals surface area contributed by atoms with Crippen LogP contribution in [-0.2, 0) is 4.79 Å². The molecular weight excluding hydrogens is 170 g/mol. The van der Waals surface area contributed by atoms with E-state index in [-0.39, 0.29) is 5.91 Å². The summed E-state index contributed by atoms with van der Waals surface area (Å²) in [4.78, 5) is 13.0. The van der Waals surface area contributed by atoms with Crippen LogP contribution in [0.2, 0.25) is 0 Å². The maximum absolute atomic E-state index is 11.3. The first-order chi connectivity index (χ1) is 5.76. The number of hydrogen-bond donors (Lipinski definition) is 0. The van der Waals surface area contributed by atoms with Crippen molar-refractivity contribution in [3.8, 4) is 12.3 Å². The maximum Gasteiger partial charge on any atom is 0.224 e. The van der Waals surface area contributed by atoms with Gasteiger partial charge < -0.3 is 4.90 Å². The van der Waals surface area contributed by atoms with Crippen molar-refractivity contribution in [2.24, 2.45) is 0 Å². The molecule has 0 saturated heterocycles. The van der Waals surface area contributed by atoms with Gasteiger partial charge in [-0.3, -0.25) is 4.79 Å². The summed E-state index contributed by atoms with van der Waals surface area (Å²) in [7, 11) is 0. The van der Waals surface area contributed by atoms with Crippen molar-refractivity contribution in [2.45, 2.75) is 13.3 Å². The van der Waals surface area contributed by atoms with E-state index < -0.39 is 0 Å². The van der Waals surface area contributed by atoms with Crippen molar-refractivity contribution >= 4 is 17.7 Å². The van der Waals surface area contributed by atoms with Crippen LogP contribution in [0.1, 0.15) is 13.3 Å². The van der Waals surface area contributed by atoms with Crippen molar-refractivity contribution in [3.63, 3.8) is 0 Å². The smallest absolute Gasteiger partial charge is 0.224 e. The normalized spacial score (nSPS) is 9.08. The average Bonchev–Trinajstić information content (AvgIpc) is 2.10. The number of carbonyl (C=O) groups excluding carboxylic acids is 1. The number of hydrogen-bond acceptors (Lipinski definition) is 2. The second kappa shape index (κ2) is 7.05. The molecule has 0 atom stereocenters. The molecule has 0 fully saturated rings. The molecule has 0 aliphatic heterocycles. The monoisotopic (exact) mass is 185 g/mol. The summed E-state index contributed by atoms with van der Waals surface area (Å²) in [5.74, 6) is 3.51. The minimum Gasteiger partial charge on any atom is -0.332 e. The molecule has 0 aliphatic rings. The lowest BCUT2D eigenvalue weighted by atomic mass is 10.4. The van der Waals surface area contributed by atoms with Crippen LogP contribution in [0.5, 0.6) is 0 Å². The minimum atomic E-state index is 0.157. The number of amides is 1. The van der Waals surface area contributed by atoms with E-state index >= 15 is 0 Å². The van der Waals surface area contributed by atoms with Crippen LogP contribution >= 0.6 is 11.8 Å². The molecule has 0 saturated carbocycles. The Morgan fingerprint density at radius 1 is 1.67 bits per heavy atom. The third-order valence-corrected chi connectivity index (χ3v) is 2.15. The van der Waals surface area contributed by atoms with Crippen LogP contribution in [0, 0.1) is 12.3 Å². The molecule has 0 rings (SSSR count).